The Bertz CT molecular complexity index is 1380. The third-order valence-electron chi connectivity index (χ3n) is 7.40. The van der Waals surface area contributed by atoms with Gasteiger partial charge in [0, 0.05) is 12.6 Å². The molecule has 0 aromatic heterocycles. The van der Waals surface area contributed by atoms with Crippen LogP contribution in [0.25, 0.3) is 10.8 Å². The first-order valence-corrected chi connectivity index (χ1v) is 12.9. The number of benzene rings is 4. The van der Waals surface area contributed by atoms with Gasteiger partial charge in [0.05, 0.1) is 26.8 Å². The molecule has 2 unspecified atom stereocenters. The normalized spacial score (nSPS) is 16.1. The summed E-state index contributed by atoms with van der Waals surface area (Å²) in [6.45, 7) is 3.19. The van der Waals surface area contributed by atoms with Gasteiger partial charge in [-0.2, -0.15) is 0 Å². The molecule has 4 aromatic carbocycles. The molecule has 1 N–H and O–H groups in total. The number of nitrogens with zero attached hydrogens (tertiary/aromatic N) is 1. The average molecular weight is 495 g/mol. The van der Waals surface area contributed by atoms with Crippen molar-refractivity contribution in [3.8, 4) is 11.5 Å². The van der Waals surface area contributed by atoms with Crippen molar-refractivity contribution in [2.75, 3.05) is 27.3 Å². The van der Waals surface area contributed by atoms with Gasteiger partial charge in [-0.25, -0.2) is 0 Å². The zero-order chi connectivity index (χ0) is 25.8. The van der Waals surface area contributed by atoms with Crippen molar-refractivity contribution >= 4 is 16.7 Å². The van der Waals surface area contributed by atoms with Crippen molar-refractivity contribution in [2.24, 2.45) is 0 Å². The first-order valence-electron chi connectivity index (χ1n) is 12.9. The van der Waals surface area contributed by atoms with E-state index < -0.39 is 0 Å². The third-order valence-corrected chi connectivity index (χ3v) is 7.40. The first-order chi connectivity index (χ1) is 18.1. The lowest BCUT2D eigenvalue weighted by molar-refractivity contribution is -0.123. The number of carbonyl (C=O) groups is 1. The maximum absolute atomic E-state index is 13.4. The van der Waals surface area contributed by atoms with Crippen LogP contribution in [-0.4, -0.2) is 38.1 Å². The number of carbonyl (C=O) groups excluding carboxylic acids is 1. The largest absolute Gasteiger partial charge is 0.493 e. The number of nitrogens with one attached hydrogen (secondary N) is 1. The number of ether oxygens (including phenoxy) is 2. The van der Waals surface area contributed by atoms with Crippen LogP contribution in [0.4, 0.5) is 0 Å². The lowest BCUT2D eigenvalue weighted by atomic mass is 9.88. The zero-order valence-corrected chi connectivity index (χ0v) is 21.7. The van der Waals surface area contributed by atoms with Crippen molar-refractivity contribution in [1.82, 2.24) is 10.2 Å². The van der Waals surface area contributed by atoms with Crippen LogP contribution in [-0.2, 0) is 17.6 Å². The molecule has 4 aromatic rings. The second-order valence-corrected chi connectivity index (χ2v) is 9.69. The molecule has 0 saturated heterocycles. The molecule has 0 saturated carbocycles. The molecule has 0 radical (unpaired) electrons. The highest BCUT2D eigenvalue weighted by Crippen LogP contribution is 2.39. The van der Waals surface area contributed by atoms with Crippen LogP contribution in [0.1, 0.15) is 41.3 Å². The van der Waals surface area contributed by atoms with Gasteiger partial charge in [-0.3, -0.25) is 9.69 Å². The fourth-order valence-corrected chi connectivity index (χ4v) is 5.52. The minimum Gasteiger partial charge on any atom is -0.493 e. The highest BCUT2D eigenvalue weighted by Gasteiger charge is 2.31. The van der Waals surface area contributed by atoms with Crippen LogP contribution in [0.3, 0.4) is 0 Å². The Kier molecular flexibility index (Phi) is 7.42. The maximum atomic E-state index is 13.4. The van der Waals surface area contributed by atoms with E-state index in [2.05, 4.69) is 83.9 Å². The minimum atomic E-state index is -0.0902. The van der Waals surface area contributed by atoms with E-state index in [1.165, 1.54) is 27.5 Å². The van der Waals surface area contributed by atoms with Crippen molar-refractivity contribution in [3.05, 3.63) is 107 Å². The van der Waals surface area contributed by atoms with Crippen LogP contribution >= 0.6 is 0 Å². The zero-order valence-electron chi connectivity index (χ0n) is 21.7. The van der Waals surface area contributed by atoms with Gasteiger partial charge in [-0.1, -0.05) is 72.8 Å². The summed E-state index contributed by atoms with van der Waals surface area (Å²) in [4.78, 5) is 15.7. The molecule has 1 aliphatic heterocycles. The van der Waals surface area contributed by atoms with Gasteiger partial charge in [-0.05, 0) is 64.9 Å². The third kappa shape index (κ3) is 5.32. The van der Waals surface area contributed by atoms with Gasteiger partial charge in [0.1, 0.15) is 0 Å². The van der Waals surface area contributed by atoms with E-state index in [1.807, 2.05) is 18.2 Å². The fourth-order valence-electron chi connectivity index (χ4n) is 5.52. The number of rotatable bonds is 8. The number of hydrogen-bond donors (Lipinski definition) is 1. The smallest absolute Gasteiger partial charge is 0.234 e. The summed E-state index contributed by atoms with van der Waals surface area (Å²) in [7, 11) is 3.33. The number of amides is 1. The Morgan fingerprint density at radius 1 is 0.946 bits per heavy atom. The van der Waals surface area contributed by atoms with Gasteiger partial charge in [0.2, 0.25) is 5.91 Å². The molecule has 1 aliphatic rings. The highest BCUT2D eigenvalue weighted by atomic mass is 16.5. The highest BCUT2D eigenvalue weighted by molar-refractivity contribution is 5.87. The molecule has 0 bridgehead atoms. The molecule has 0 fully saturated rings. The molecule has 0 aliphatic carbocycles. The average Bonchev–Trinajstić information content (AvgIpc) is 2.93. The molecule has 5 heteroatoms. The van der Waals surface area contributed by atoms with Crippen LogP contribution in [0.5, 0.6) is 11.5 Å². The summed E-state index contributed by atoms with van der Waals surface area (Å²) in [5.74, 6) is 1.49. The van der Waals surface area contributed by atoms with E-state index in [0.29, 0.717) is 6.54 Å². The van der Waals surface area contributed by atoms with Crippen LogP contribution in [0.2, 0.25) is 0 Å². The summed E-state index contributed by atoms with van der Waals surface area (Å²) >= 11 is 0. The van der Waals surface area contributed by atoms with E-state index in [0.717, 1.165) is 36.4 Å². The van der Waals surface area contributed by atoms with Gasteiger partial charge < -0.3 is 14.8 Å². The predicted molar refractivity (Wildman–Crippen MR) is 148 cm³/mol. The Morgan fingerprint density at radius 2 is 1.65 bits per heavy atom. The predicted octanol–water partition coefficient (Wildman–Crippen LogP) is 5.88. The van der Waals surface area contributed by atoms with Crippen LogP contribution < -0.4 is 14.8 Å². The van der Waals surface area contributed by atoms with Crippen molar-refractivity contribution in [1.29, 1.82) is 0 Å². The number of fused-ring (bicyclic) bond motifs is 2. The lowest BCUT2D eigenvalue weighted by Gasteiger charge is -2.37. The molecule has 5 rings (SSSR count). The summed E-state index contributed by atoms with van der Waals surface area (Å²) in [5.41, 5.74) is 4.82. The maximum Gasteiger partial charge on any atom is 0.234 e. The van der Waals surface area contributed by atoms with Crippen LogP contribution in [0.15, 0.2) is 84.9 Å². The number of hydrogen-bond acceptors (Lipinski definition) is 4. The van der Waals surface area contributed by atoms with E-state index >= 15 is 0 Å². The molecule has 1 amide bonds. The molecular weight excluding hydrogens is 460 g/mol. The van der Waals surface area contributed by atoms with Gasteiger partial charge in [0.15, 0.2) is 11.5 Å². The summed E-state index contributed by atoms with van der Waals surface area (Å²) in [6.07, 6.45) is 1.67. The molecule has 190 valence electrons. The molecule has 37 heavy (non-hydrogen) atoms. The quantitative estimate of drug-likeness (QED) is 0.333. The Labute approximate surface area is 219 Å². The molecular formula is C32H34N2O3. The topological polar surface area (TPSA) is 50.8 Å². The summed E-state index contributed by atoms with van der Waals surface area (Å²) in [5, 5.41) is 5.61. The molecule has 0 spiro atoms. The van der Waals surface area contributed by atoms with Crippen molar-refractivity contribution in [3.63, 3.8) is 0 Å². The second kappa shape index (κ2) is 11.1. The van der Waals surface area contributed by atoms with E-state index in [9.17, 15) is 4.79 Å². The number of methoxy groups -OCH3 is 2. The fraction of sp³-hybridized carbons (Fsp3) is 0.281. The molecule has 5 nitrogen and oxygen atoms in total. The first kappa shape index (κ1) is 24.8. The molecule has 1 heterocycles. The SMILES string of the molecule is COc1cc2c(cc1OC)C(Cc1ccccc1)N(CC(=O)NC(C)c1cccc3ccccc13)CC2. The van der Waals surface area contributed by atoms with E-state index in [1.54, 1.807) is 14.2 Å². The summed E-state index contributed by atoms with van der Waals surface area (Å²) < 4.78 is 11.2. The molecule has 2 atom stereocenters. The van der Waals surface area contributed by atoms with E-state index in [-0.39, 0.29) is 18.0 Å². The lowest BCUT2D eigenvalue weighted by Crippen LogP contribution is -2.44. The van der Waals surface area contributed by atoms with E-state index in [4.69, 9.17) is 9.47 Å². The Hall–Kier alpha value is -3.83. The second-order valence-electron chi connectivity index (χ2n) is 9.69. The Balaban J connectivity index is 1.39. The van der Waals surface area contributed by atoms with Gasteiger partial charge in [-0.15, -0.1) is 0 Å². The van der Waals surface area contributed by atoms with Gasteiger partial charge >= 0.3 is 0 Å². The summed E-state index contributed by atoms with van der Waals surface area (Å²) in [6, 6.07) is 29.2. The van der Waals surface area contributed by atoms with Crippen molar-refractivity contribution < 1.29 is 14.3 Å². The minimum absolute atomic E-state index is 0.0300. The Morgan fingerprint density at radius 3 is 2.43 bits per heavy atom. The monoisotopic (exact) mass is 494 g/mol. The van der Waals surface area contributed by atoms with Crippen molar-refractivity contribution in [2.45, 2.75) is 31.8 Å². The van der Waals surface area contributed by atoms with Gasteiger partial charge in [0.25, 0.3) is 0 Å². The van der Waals surface area contributed by atoms with Crippen LogP contribution in [0, 0.1) is 0 Å². The standard InChI is InChI=1S/C32H34N2O3/c1-22(26-15-9-13-24-12-7-8-14-27(24)26)33-32(35)21-34-17-16-25-19-30(36-2)31(37-3)20-28(25)29(34)18-23-10-5-4-6-11-23/h4-15,19-20,22,29H,16-18,21H2,1-3H3,(H,33,35).